The zero-order valence-electron chi connectivity index (χ0n) is 14.2. The van der Waals surface area contributed by atoms with E-state index in [2.05, 4.69) is 10.9 Å². The van der Waals surface area contributed by atoms with Crippen molar-refractivity contribution in [1.29, 1.82) is 0 Å². The van der Waals surface area contributed by atoms with Crippen LogP contribution in [0.2, 0.25) is 0 Å². The number of nitrogens with zero attached hydrogens (tertiary/aromatic N) is 1. The number of hydrogen-bond donors (Lipinski definition) is 2. The third-order valence-electron chi connectivity index (χ3n) is 5.72. The van der Waals surface area contributed by atoms with Gasteiger partial charge in [-0.15, -0.1) is 0 Å². The third kappa shape index (κ3) is 2.23. The van der Waals surface area contributed by atoms with Crippen LogP contribution >= 0.6 is 0 Å². The maximum absolute atomic E-state index is 12.7. The minimum absolute atomic E-state index is 0.103. The second kappa shape index (κ2) is 5.72. The molecule has 0 saturated heterocycles. The van der Waals surface area contributed by atoms with Crippen LogP contribution in [0.15, 0.2) is 24.3 Å². The van der Waals surface area contributed by atoms with Crippen molar-refractivity contribution in [2.24, 2.45) is 16.7 Å². The highest BCUT2D eigenvalue weighted by atomic mass is 16.6. The molecule has 136 valence electrons. The number of hydrogen-bond acceptors (Lipinski definition) is 6. The highest BCUT2D eigenvalue weighted by Crippen LogP contribution is 2.62. The van der Waals surface area contributed by atoms with Gasteiger partial charge in [0, 0.05) is 23.6 Å². The smallest absolute Gasteiger partial charge is 0.269 e. The van der Waals surface area contributed by atoms with Gasteiger partial charge in [0.2, 0.25) is 11.6 Å². The van der Waals surface area contributed by atoms with Crippen molar-refractivity contribution in [2.45, 2.75) is 26.7 Å². The summed E-state index contributed by atoms with van der Waals surface area (Å²) in [6.45, 7) is 3.43. The summed E-state index contributed by atoms with van der Waals surface area (Å²) in [4.78, 5) is 59.3. The quantitative estimate of drug-likeness (QED) is 0.357. The fourth-order valence-electron chi connectivity index (χ4n) is 4.11. The highest BCUT2D eigenvalue weighted by molar-refractivity contribution is 6.47. The van der Waals surface area contributed by atoms with E-state index in [1.165, 1.54) is 24.3 Å². The van der Waals surface area contributed by atoms with E-state index in [1.54, 1.807) is 13.8 Å². The van der Waals surface area contributed by atoms with Crippen LogP contribution in [0.3, 0.4) is 0 Å². The molecule has 9 heteroatoms. The number of Topliss-reactive ketones (excluding diaryl/α,β-unsaturated/α-hetero) is 2. The zero-order valence-corrected chi connectivity index (χ0v) is 14.2. The lowest BCUT2D eigenvalue weighted by molar-refractivity contribution is -0.384. The fourth-order valence-corrected chi connectivity index (χ4v) is 4.11. The fraction of sp³-hybridized carbons (Fsp3) is 0.412. The molecule has 0 spiro atoms. The van der Waals surface area contributed by atoms with Crippen LogP contribution in [0.4, 0.5) is 5.69 Å². The van der Waals surface area contributed by atoms with E-state index in [9.17, 15) is 29.3 Å². The summed E-state index contributed by atoms with van der Waals surface area (Å²) >= 11 is 0. The number of ketones is 2. The Morgan fingerprint density at radius 2 is 1.77 bits per heavy atom. The molecule has 1 aromatic carbocycles. The number of carbonyl (C=O) groups excluding carboxylic acids is 4. The molecule has 0 aliphatic heterocycles. The number of carbonyl (C=O) groups is 4. The van der Waals surface area contributed by atoms with Crippen LogP contribution in [-0.4, -0.2) is 28.3 Å². The zero-order chi connectivity index (χ0) is 19.3. The van der Waals surface area contributed by atoms with Gasteiger partial charge in [0.25, 0.3) is 17.5 Å². The molecule has 2 atom stereocenters. The van der Waals surface area contributed by atoms with E-state index < -0.39 is 45.1 Å². The summed E-state index contributed by atoms with van der Waals surface area (Å²) in [6, 6.07) is 4.83. The topological polar surface area (TPSA) is 135 Å². The van der Waals surface area contributed by atoms with Crippen molar-refractivity contribution in [3.63, 3.8) is 0 Å². The lowest BCUT2D eigenvalue weighted by Crippen LogP contribution is -2.55. The molecule has 2 saturated carbocycles. The van der Waals surface area contributed by atoms with Crippen molar-refractivity contribution < 1.29 is 24.1 Å². The number of nitro benzene ring substituents is 1. The third-order valence-corrected chi connectivity index (χ3v) is 5.72. The molecule has 2 bridgehead atoms. The first kappa shape index (κ1) is 17.7. The lowest BCUT2D eigenvalue weighted by atomic mass is 9.68. The van der Waals surface area contributed by atoms with Crippen LogP contribution in [-0.2, 0) is 14.4 Å². The Bertz CT molecular complexity index is 845. The first-order valence-electron chi connectivity index (χ1n) is 8.07. The molecule has 1 aromatic rings. The molecule has 2 fully saturated rings. The maximum atomic E-state index is 12.7. The van der Waals surface area contributed by atoms with E-state index in [4.69, 9.17) is 0 Å². The Morgan fingerprint density at radius 3 is 2.27 bits per heavy atom. The molecule has 2 amide bonds. The van der Waals surface area contributed by atoms with Gasteiger partial charge in [0.05, 0.1) is 4.92 Å². The molecule has 2 unspecified atom stereocenters. The van der Waals surface area contributed by atoms with Gasteiger partial charge in [0.1, 0.15) is 5.41 Å². The van der Waals surface area contributed by atoms with Crippen LogP contribution in [0.25, 0.3) is 0 Å². The second-order valence-corrected chi connectivity index (χ2v) is 7.12. The standard InChI is InChI=1S/C17H17N3O6/c1-16(2)11-7-8-17(16,13(22)12(11)21)15(24)19-18-14(23)9-3-5-10(6-4-9)20(25)26/h3-6,11H,7-8H2,1-2H3,(H,18,23)(H,19,24). The molecule has 0 radical (unpaired) electrons. The van der Waals surface area contributed by atoms with E-state index >= 15 is 0 Å². The number of rotatable bonds is 3. The predicted molar refractivity (Wildman–Crippen MR) is 87.7 cm³/mol. The van der Waals surface area contributed by atoms with Gasteiger partial charge < -0.3 is 0 Å². The van der Waals surface area contributed by atoms with E-state index in [0.29, 0.717) is 6.42 Å². The Kier molecular flexibility index (Phi) is 3.90. The van der Waals surface area contributed by atoms with Crippen molar-refractivity contribution in [2.75, 3.05) is 0 Å². The molecule has 2 N–H and O–H groups in total. The molecular weight excluding hydrogens is 342 g/mol. The number of nitrogens with one attached hydrogen (secondary N) is 2. The Labute approximate surface area is 148 Å². The molecular formula is C17H17N3O6. The van der Waals surface area contributed by atoms with E-state index in [1.807, 2.05) is 0 Å². The number of hydrazine groups is 1. The molecule has 2 aliphatic rings. The van der Waals surface area contributed by atoms with E-state index in [-0.39, 0.29) is 17.7 Å². The molecule has 0 heterocycles. The van der Waals surface area contributed by atoms with Crippen LogP contribution in [0.5, 0.6) is 0 Å². The van der Waals surface area contributed by atoms with Gasteiger partial charge in [-0.25, -0.2) is 0 Å². The van der Waals surface area contributed by atoms with Gasteiger partial charge in [-0.05, 0) is 30.4 Å². The summed E-state index contributed by atoms with van der Waals surface area (Å²) in [7, 11) is 0. The van der Waals surface area contributed by atoms with Gasteiger partial charge >= 0.3 is 0 Å². The highest BCUT2D eigenvalue weighted by Gasteiger charge is 2.72. The van der Waals surface area contributed by atoms with Crippen molar-refractivity contribution in [1.82, 2.24) is 10.9 Å². The molecule has 2 aliphatic carbocycles. The molecule has 3 rings (SSSR count). The second-order valence-electron chi connectivity index (χ2n) is 7.12. The van der Waals surface area contributed by atoms with Gasteiger partial charge in [-0.1, -0.05) is 13.8 Å². The van der Waals surface area contributed by atoms with E-state index in [0.717, 1.165) is 0 Å². The minimum Gasteiger partial charge on any atom is -0.291 e. The van der Waals surface area contributed by atoms with Crippen LogP contribution < -0.4 is 10.9 Å². The summed E-state index contributed by atoms with van der Waals surface area (Å²) in [5.41, 5.74) is 2.09. The first-order valence-corrected chi connectivity index (χ1v) is 8.07. The summed E-state index contributed by atoms with van der Waals surface area (Å²) < 4.78 is 0. The van der Waals surface area contributed by atoms with Crippen molar-refractivity contribution in [3.8, 4) is 0 Å². The summed E-state index contributed by atoms with van der Waals surface area (Å²) in [5.74, 6) is -3.12. The maximum Gasteiger partial charge on any atom is 0.269 e. The Morgan fingerprint density at radius 1 is 1.15 bits per heavy atom. The lowest BCUT2D eigenvalue weighted by Gasteiger charge is -2.33. The van der Waals surface area contributed by atoms with Gasteiger partial charge in [-0.2, -0.15) is 0 Å². The number of non-ortho nitro benzene ring substituents is 1. The first-order chi connectivity index (χ1) is 12.1. The van der Waals surface area contributed by atoms with Crippen LogP contribution in [0, 0.1) is 26.9 Å². The van der Waals surface area contributed by atoms with Gasteiger partial charge in [0.15, 0.2) is 0 Å². The van der Waals surface area contributed by atoms with Crippen LogP contribution in [0.1, 0.15) is 37.0 Å². The number of fused-ring (bicyclic) bond motifs is 2. The molecule has 0 aromatic heterocycles. The Balaban J connectivity index is 1.73. The Hall–Kier alpha value is -3.10. The molecule has 9 nitrogen and oxygen atoms in total. The summed E-state index contributed by atoms with van der Waals surface area (Å²) in [5, 5.41) is 10.6. The molecule has 26 heavy (non-hydrogen) atoms. The summed E-state index contributed by atoms with van der Waals surface area (Å²) in [6.07, 6.45) is 0.718. The average Bonchev–Trinajstić information content (AvgIpc) is 2.96. The normalized spacial score (nSPS) is 25.8. The largest absolute Gasteiger partial charge is 0.291 e. The predicted octanol–water partition coefficient (Wildman–Crippen LogP) is 0.930. The monoisotopic (exact) mass is 359 g/mol. The minimum atomic E-state index is -1.47. The number of benzene rings is 1. The SMILES string of the molecule is CC1(C)C2CCC1(C(=O)NNC(=O)c1ccc([N+](=O)[O-])cc1)C(=O)C2=O. The van der Waals surface area contributed by atoms with Crippen molar-refractivity contribution >= 4 is 29.1 Å². The average molecular weight is 359 g/mol. The number of amides is 2. The van der Waals surface area contributed by atoms with Crippen molar-refractivity contribution in [3.05, 3.63) is 39.9 Å². The van der Waals surface area contributed by atoms with Gasteiger partial charge in [-0.3, -0.25) is 40.1 Å². The number of nitro groups is 1.